The Hall–Kier alpha value is -2.70. The summed E-state index contributed by atoms with van der Waals surface area (Å²) in [6.45, 7) is 4.59. The minimum Gasteiger partial charge on any atom is -0.451 e. The largest absolute Gasteiger partial charge is 0.451 e. The van der Waals surface area contributed by atoms with Gasteiger partial charge >= 0.3 is 5.97 Å². The van der Waals surface area contributed by atoms with Gasteiger partial charge in [-0.25, -0.2) is 4.98 Å². The molecular weight excluding hydrogens is 346 g/mol. The number of rotatable bonds is 4. The quantitative estimate of drug-likeness (QED) is 0.768. The van der Waals surface area contributed by atoms with E-state index in [1.54, 1.807) is 24.0 Å². The van der Waals surface area contributed by atoms with E-state index in [4.69, 9.17) is 4.74 Å². The van der Waals surface area contributed by atoms with Crippen molar-refractivity contribution < 1.29 is 14.3 Å². The summed E-state index contributed by atoms with van der Waals surface area (Å²) in [5.74, 6) is -0.800. The first-order valence-corrected chi connectivity index (χ1v) is 9.40. The van der Waals surface area contributed by atoms with Crippen LogP contribution in [-0.2, 0) is 20.9 Å². The first-order valence-electron chi connectivity index (χ1n) is 9.40. The maximum atomic E-state index is 12.6. The van der Waals surface area contributed by atoms with E-state index in [9.17, 15) is 14.4 Å². The average molecular weight is 371 g/mol. The number of esters is 1. The van der Waals surface area contributed by atoms with Gasteiger partial charge in [0.2, 0.25) is 0 Å². The fraction of sp³-hybridized carbons (Fsp3) is 0.500. The van der Waals surface area contributed by atoms with Crippen LogP contribution in [0.25, 0.3) is 10.9 Å². The van der Waals surface area contributed by atoms with Gasteiger partial charge in [-0.2, -0.15) is 0 Å². The molecule has 0 N–H and O–H groups in total. The van der Waals surface area contributed by atoms with Crippen molar-refractivity contribution in [3.63, 3.8) is 0 Å². The van der Waals surface area contributed by atoms with E-state index in [1.807, 2.05) is 13.0 Å². The maximum absolute atomic E-state index is 12.6. The third kappa shape index (κ3) is 4.35. The highest BCUT2D eigenvalue weighted by atomic mass is 16.5. The van der Waals surface area contributed by atoms with Crippen LogP contribution < -0.4 is 5.56 Å². The molecule has 2 aromatic rings. The fourth-order valence-corrected chi connectivity index (χ4v) is 3.42. The number of carbonyl (C=O) groups is 2. The van der Waals surface area contributed by atoms with Crippen LogP contribution in [0.4, 0.5) is 0 Å². The summed E-state index contributed by atoms with van der Waals surface area (Å²) < 4.78 is 6.50. The number of amides is 1. The summed E-state index contributed by atoms with van der Waals surface area (Å²) in [5, 5.41) is 0.457. The molecular formula is C20H25N3O4. The number of nitrogens with zero attached hydrogens (tertiary/aromatic N) is 3. The van der Waals surface area contributed by atoms with E-state index in [1.165, 1.54) is 10.9 Å². The van der Waals surface area contributed by atoms with Crippen LogP contribution >= 0.6 is 0 Å². The summed E-state index contributed by atoms with van der Waals surface area (Å²) in [6.07, 6.45) is 4.68. The predicted molar refractivity (Wildman–Crippen MR) is 101 cm³/mol. The lowest BCUT2D eigenvalue weighted by atomic mass is 10.1. The van der Waals surface area contributed by atoms with Gasteiger partial charge in [-0.1, -0.05) is 25.0 Å². The molecule has 1 aliphatic rings. The SMILES string of the molecule is Cc1cccc2c(=O)n(CC(=O)OC(C)C(=O)N3CCCCCC3)cnc12. The van der Waals surface area contributed by atoms with Crippen LogP contribution in [0.3, 0.4) is 0 Å². The van der Waals surface area contributed by atoms with Crippen LogP contribution in [0.1, 0.15) is 38.2 Å². The molecule has 0 bridgehead atoms. The van der Waals surface area contributed by atoms with E-state index in [0.29, 0.717) is 24.0 Å². The second kappa shape index (κ2) is 8.33. The lowest BCUT2D eigenvalue weighted by Crippen LogP contribution is -2.41. The number of para-hydroxylation sites is 1. The first kappa shape index (κ1) is 19.1. The molecule has 7 heteroatoms. The molecule has 1 amide bonds. The van der Waals surface area contributed by atoms with Gasteiger partial charge in [0, 0.05) is 13.1 Å². The first-order chi connectivity index (χ1) is 13.0. The van der Waals surface area contributed by atoms with Crippen LogP contribution in [0.15, 0.2) is 29.3 Å². The lowest BCUT2D eigenvalue weighted by molar-refractivity contribution is -0.159. The lowest BCUT2D eigenvalue weighted by Gasteiger charge is -2.24. The van der Waals surface area contributed by atoms with Gasteiger partial charge in [-0.05, 0) is 38.3 Å². The highest BCUT2D eigenvalue weighted by Crippen LogP contribution is 2.13. The molecule has 1 fully saturated rings. The Morgan fingerprint density at radius 3 is 2.59 bits per heavy atom. The molecule has 0 spiro atoms. The van der Waals surface area contributed by atoms with Crippen molar-refractivity contribution in [2.24, 2.45) is 0 Å². The number of likely N-dealkylation sites (tertiary alicyclic amines) is 1. The topological polar surface area (TPSA) is 81.5 Å². The molecule has 0 aliphatic carbocycles. The molecule has 1 aromatic carbocycles. The third-order valence-electron chi connectivity index (χ3n) is 4.93. The van der Waals surface area contributed by atoms with Crippen molar-refractivity contribution in [3.8, 4) is 0 Å². The minimum absolute atomic E-state index is 0.176. The highest BCUT2D eigenvalue weighted by molar-refractivity contribution is 5.84. The number of ether oxygens (including phenoxy) is 1. The van der Waals surface area contributed by atoms with E-state index in [2.05, 4.69) is 4.98 Å². The molecule has 0 radical (unpaired) electrons. The summed E-state index contributed by atoms with van der Waals surface area (Å²) in [6, 6.07) is 5.35. The smallest absolute Gasteiger partial charge is 0.326 e. The number of hydrogen-bond donors (Lipinski definition) is 0. The molecule has 144 valence electrons. The summed E-state index contributed by atoms with van der Waals surface area (Å²) in [7, 11) is 0. The van der Waals surface area contributed by atoms with Gasteiger partial charge in [0.05, 0.1) is 17.2 Å². The van der Waals surface area contributed by atoms with Crippen LogP contribution in [0.5, 0.6) is 0 Å². The van der Waals surface area contributed by atoms with Gasteiger partial charge in [0.15, 0.2) is 6.10 Å². The van der Waals surface area contributed by atoms with Crippen molar-refractivity contribution in [1.82, 2.24) is 14.5 Å². The molecule has 0 saturated carbocycles. The Balaban J connectivity index is 1.67. The normalized spacial score (nSPS) is 16.0. The number of aromatic nitrogens is 2. The zero-order chi connectivity index (χ0) is 19.4. The average Bonchev–Trinajstić information content (AvgIpc) is 2.93. The van der Waals surface area contributed by atoms with Crippen molar-refractivity contribution in [2.75, 3.05) is 13.1 Å². The van der Waals surface area contributed by atoms with Gasteiger partial charge < -0.3 is 9.64 Å². The van der Waals surface area contributed by atoms with Gasteiger partial charge in [0.25, 0.3) is 11.5 Å². The zero-order valence-electron chi connectivity index (χ0n) is 15.8. The molecule has 3 rings (SSSR count). The number of carbonyl (C=O) groups excluding carboxylic acids is 2. The Labute approximate surface area is 157 Å². The van der Waals surface area contributed by atoms with Crippen molar-refractivity contribution in [2.45, 2.75) is 52.2 Å². The van der Waals surface area contributed by atoms with E-state index in [0.717, 1.165) is 31.2 Å². The molecule has 1 aliphatic heterocycles. The standard InChI is InChI=1S/C20H25N3O4/c1-14-8-7-9-16-18(14)21-13-23(20(16)26)12-17(24)27-15(2)19(25)22-10-5-3-4-6-11-22/h7-9,13,15H,3-6,10-12H2,1-2H3. The zero-order valence-corrected chi connectivity index (χ0v) is 15.8. The van der Waals surface area contributed by atoms with E-state index < -0.39 is 12.1 Å². The molecule has 2 heterocycles. The summed E-state index contributed by atoms with van der Waals surface area (Å²) in [5.41, 5.74) is 1.22. The maximum Gasteiger partial charge on any atom is 0.326 e. The fourth-order valence-electron chi connectivity index (χ4n) is 3.42. The van der Waals surface area contributed by atoms with Gasteiger partial charge in [-0.3, -0.25) is 19.0 Å². The van der Waals surface area contributed by atoms with Gasteiger partial charge in [-0.15, -0.1) is 0 Å². The Morgan fingerprint density at radius 1 is 1.19 bits per heavy atom. The van der Waals surface area contributed by atoms with Crippen molar-refractivity contribution in [3.05, 3.63) is 40.4 Å². The highest BCUT2D eigenvalue weighted by Gasteiger charge is 2.24. The number of fused-ring (bicyclic) bond motifs is 1. The monoisotopic (exact) mass is 371 g/mol. The van der Waals surface area contributed by atoms with Crippen LogP contribution in [0, 0.1) is 6.92 Å². The molecule has 1 aromatic heterocycles. The van der Waals surface area contributed by atoms with E-state index in [-0.39, 0.29) is 18.0 Å². The number of aryl methyl sites for hydroxylation is 1. The number of benzene rings is 1. The van der Waals surface area contributed by atoms with Gasteiger partial charge in [0.1, 0.15) is 6.54 Å². The van der Waals surface area contributed by atoms with Crippen molar-refractivity contribution in [1.29, 1.82) is 0 Å². The predicted octanol–water partition coefficient (Wildman–Crippen LogP) is 2.04. The molecule has 7 nitrogen and oxygen atoms in total. The third-order valence-corrected chi connectivity index (χ3v) is 4.93. The molecule has 1 unspecified atom stereocenters. The van der Waals surface area contributed by atoms with Crippen molar-refractivity contribution >= 4 is 22.8 Å². The van der Waals surface area contributed by atoms with Crippen LogP contribution in [0.2, 0.25) is 0 Å². The molecule has 27 heavy (non-hydrogen) atoms. The molecule has 1 atom stereocenters. The van der Waals surface area contributed by atoms with Crippen LogP contribution in [-0.4, -0.2) is 45.5 Å². The summed E-state index contributed by atoms with van der Waals surface area (Å²) >= 11 is 0. The second-order valence-electron chi connectivity index (χ2n) is 7.02. The van der Waals surface area contributed by atoms with E-state index >= 15 is 0 Å². The minimum atomic E-state index is -0.859. The Morgan fingerprint density at radius 2 is 1.89 bits per heavy atom. The molecule has 1 saturated heterocycles. The summed E-state index contributed by atoms with van der Waals surface area (Å²) in [4.78, 5) is 43.3. The Kier molecular flexibility index (Phi) is 5.88. The number of hydrogen-bond acceptors (Lipinski definition) is 5. The Bertz CT molecular complexity index is 898. The second-order valence-corrected chi connectivity index (χ2v) is 7.02.